The highest BCUT2D eigenvalue weighted by Crippen LogP contribution is 2.28. The van der Waals surface area contributed by atoms with E-state index in [-0.39, 0.29) is 11.8 Å². The number of amides is 1. The monoisotopic (exact) mass is 363 g/mol. The highest BCUT2D eigenvalue weighted by atomic mass is 16.1. The minimum atomic E-state index is 0.0796. The zero-order valence-electron chi connectivity index (χ0n) is 15.8. The Bertz CT molecular complexity index is 927. The number of aromatic amines is 1. The first kappa shape index (κ1) is 17.7. The normalized spacial score (nSPS) is 20.1. The lowest BCUT2D eigenvalue weighted by Gasteiger charge is -2.31. The highest BCUT2D eigenvalue weighted by molar-refractivity contribution is 5.95. The average Bonchev–Trinajstić information content (AvgIpc) is 3.22. The number of carbonyl (C=O) groups is 1. The molecule has 2 heterocycles. The lowest BCUT2D eigenvalue weighted by molar-refractivity contribution is -0.121. The van der Waals surface area contributed by atoms with Gasteiger partial charge in [0.05, 0.1) is 6.20 Å². The van der Waals surface area contributed by atoms with Gasteiger partial charge in [-0.1, -0.05) is 12.1 Å². The summed E-state index contributed by atoms with van der Waals surface area (Å²) in [5, 5.41) is 12.0. The van der Waals surface area contributed by atoms with Crippen LogP contribution >= 0.6 is 0 Å². The van der Waals surface area contributed by atoms with Crippen LogP contribution in [0.4, 0.5) is 5.82 Å². The Hall–Kier alpha value is -2.73. The van der Waals surface area contributed by atoms with Gasteiger partial charge >= 0.3 is 0 Å². The largest absolute Gasteiger partial charge is 0.310 e. The summed E-state index contributed by atoms with van der Waals surface area (Å²) in [6.07, 6.45) is 9.51. The van der Waals surface area contributed by atoms with Gasteiger partial charge in [-0.3, -0.25) is 9.89 Å². The molecule has 1 aliphatic rings. The van der Waals surface area contributed by atoms with Crippen LogP contribution in [0.5, 0.6) is 0 Å². The second kappa shape index (κ2) is 7.48. The molecule has 1 fully saturated rings. The number of rotatable bonds is 4. The summed E-state index contributed by atoms with van der Waals surface area (Å²) in [5.74, 6) is 0.785. The minimum absolute atomic E-state index is 0.0796. The van der Waals surface area contributed by atoms with Gasteiger partial charge in [0, 0.05) is 35.3 Å². The van der Waals surface area contributed by atoms with Gasteiger partial charge in [0.15, 0.2) is 0 Å². The van der Waals surface area contributed by atoms with Gasteiger partial charge < -0.3 is 10.2 Å². The molecule has 1 amide bonds. The molecule has 2 N–H and O–H groups in total. The van der Waals surface area contributed by atoms with Crippen LogP contribution < -0.4 is 5.32 Å². The van der Waals surface area contributed by atoms with E-state index in [0.29, 0.717) is 11.9 Å². The third-order valence-electron chi connectivity index (χ3n) is 5.60. The van der Waals surface area contributed by atoms with Crippen LogP contribution in [0.15, 0.2) is 42.9 Å². The Morgan fingerprint density at radius 2 is 1.89 bits per heavy atom. The number of nitrogens with one attached hydrogen (secondary N) is 2. The van der Waals surface area contributed by atoms with E-state index in [9.17, 15) is 4.79 Å². The van der Waals surface area contributed by atoms with Crippen molar-refractivity contribution in [1.82, 2.24) is 20.1 Å². The maximum atomic E-state index is 12.7. The second-order valence-electron chi connectivity index (χ2n) is 7.58. The first-order chi connectivity index (χ1) is 13.1. The van der Waals surface area contributed by atoms with Crippen LogP contribution in [0.25, 0.3) is 21.9 Å². The maximum Gasteiger partial charge on any atom is 0.228 e. The number of H-pyrrole nitrogens is 1. The molecule has 27 heavy (non-hydrogen) atoms. The van der Waals surface area contributed by atoms with Crippen molar-refractivity contribution < 1.29 is 4.79 Å². The number of fused-ring (bicyclic) bond motifs is 1. The van der Waals surface area contributed by atoms with E-state index < -0.39 is 0 Å². The lowest BCUT2D eigenvalue weighted by atomic mass is 9.85. The molecule has 0 unspecified atom stereocenters. The van der Waals surface area contributed by atoms with Crippen LogP contribution in [0, 0.1) is 5.92 Å². The standard InChI is InChI=1S/C21H25N5O/c1-26(2)19-7-5-14(6-8-19)21(27)25-20-10-17-9-15(18-12-23-24-13-18)3-4-16(17)11-22-20/h3-4,9-14,19H,5-8H2,1-2H3,(H,23,24)(H,22,25,27). The number of hydrogen-bond acceptors (Lipinski definition) is 4. The van der Waals surface area contributed by atoms with E-state index in [1.54, 1.807) is 6.20 Å². The number of benzene rings is 1. The van der Waals surface area contributed by atoms with Gasteiger partial charge in [-0.2, -0.15) is 5.10 Å². The van der Waals surface area contributed by atoms with Gasteiger partial charge in [-0.25, -0.2) is 4.98 Å². The third-order valence-corrected chi connectivity index (χ3v) is 5.60. The van der Waals surface area contributed by atoms with Gasteiger partial charge in [-0.05, 0) is 62.9 Å². The predicted octanol–water partition coefficient (Wildman–Crippen LogP) is 3.68. The number of carbonyl (C=O) groups excluding carboxylic acids is 1. The second-order valence-corrected chi connectivity index (χ2v) is 7.58. The first-order valence-electron chi connectivity index (χ1n) is 9.46. The van der Waals surface area contributed by atoms with Gasteiger partial charge in [0.25, 0.3) is 0 Å². The summed E-state index contributed by atoms with van der Waals surface area (Å²) < 4.78 is 0. The summed E-state index contributed by atoms with van der Waals surface area (Å²) in [4.78, 5) is 19.3. The molecular weight excluding hydrogens is 338 g/mol. The molecule has 1 aliphatic carbocycles. The van der Waals surface area contributed by atoms with Crippen molar-refractivity contribution in [3.8, 4) is 11.1 Å². The molecular formula is C21H25N5O. The Morgan fingerprint density at radius 1 is 1.07 bits per heavy atom. The highest BCUT2D eigenvalue weighted by Gasteiger charge is 2.27. The molecule has 0 atom stereocenters. The predicted molar refractivity (Wildman–Crippen MR) is 107 cm³/mol. The smallest absolute Gasteiger partial charge is 0.228 e. The number of anilines is 1. The van der Waals surface area contributed by atoms with E-state index in [0.717, 1.165) is 47.6 Å². The van der Waals surface area contributed by atoms with E-state index >= 15 is 0 Å². The van der Waals surface area contributed by atoms with Crippen molar-refractivity contribution in [3.63, 3.8) is 0 Å². The Morgan fingerprint density at radius 3 is 2.59 bits per heavy atom. The number of nitrogens with zero attached hydrogens (tertiary/aromatic N) is 3. The molecule has 4 rings (SSSR count). The Kier molecular flexibility index (Phi) is 4.90. The average molecular weight is 363 g/mol. The molecule has 1 saturated carbocycles. The summed E-state index contributed by atoms with van der Waals surface area (Å²) in [6.45, 7) is 0. The fourth-order valence-corrected chi connectivity index (χ4v) is 3.88. The van der Waals surface area contributed by atoms with E-state index in [4.69, 9.17) is 0 Å². The minimum Gasteiger partial charge on any atom is -0.310 e. The molecule has 2 aromatic heterocycles. The zero-order valence-corrected chi connectivity index (χ0v) is 15.8. The van der Waals surface area contributed by atoms with Crippen LogP contribution in [0.1, 0.15) is 25.7 Å². The molecule has 0 bridgehead atoms. The first-order valence-corrected chi connectivity index (χ1v) is 9.46. The number of pyridine rings is 1. The number of hydrogen-bond donors (Lipinski definition) is 2. The number of aromatic nitrogens is 3. The van der Waals surface area contributed by atoms with Crippen LogP contribution in [0.2, 0.25) is 0 Å². The molecule has 140 valence electrons. The molecule has 0 spiro atoms. The summed E-state index contributed by atoms with van der Waals surface area (Å²) in [7, 11) is 4.23. The molecule has 6 nitrogen and oxygen atoms in total. The summed E-state index contributed by atoms with van der Waals surface area (Å²) in [6, 6.07) is 8.73. The molecule has 6 heteroatoms. The fraction of sp³-hybridized carbons (Fsp3) is 0.381. The van der Waals surface area contributed by atoms with Gasteiger partial charge in [-0.15, -0.1) is 0 Å². The van der Waals surface area contributed by atoms with E-state index in [1.807, 2.05) is 24.5 Å². The van der Waals surface area contributed by atoms with Crippen molar-refractivity contribution in [2.24, 2.45) is 5.92 Å². The molecule has 0 saturated heterocycles. The van der Waals surface area contributed by atoms with Crippen molar-refractivity contribution >= 4 is 22.5 Å². The van der Waals surface area contributed by atoms with Gasteiger partial charge in [0.1, 0.15) is 5.82 Å². The third kappa shape index (κ3) is 3.85. The maximum absolute atomic E-state index is 12.7. The Labute approximate surface area is 159 Å². The molecule has 0 radical (unpaired) electrons. The molecule has 0 aliphatic heterocycles. The Balaban J connectivity index is 1.48. The van der Waals surface area contributed by atoms with Crippen molar-refractivity contribution in [2.75, 3.05) is 19.4 Å². The lowest BCUT2D eigenvalue weighted by Crippen LogP contribution is -2.35. The molecule has 1 aromatic carbocycles. The van der Waals surface area contributed by atoms with Crippen LogP contribution in [0.3, 0.4) is 0 Å². The fourth-order valence-electron chi connectivity index (χ4n) is 3.88. The topological polar surface area (TPSA) is 73.9 Å². The SMILES string of the molecule is CN(C)C1CCC(C(=O)Nc2cc3cc(-c4cn[nH]c4)ccc3cn2)CC1. The quantitative estimate of drug-likeness (QED) is 0.741. The van der Waals surface area contributed by atoms with E-state index in [1.165, 1.54) is 0 Å². The van der Waals surface area contributed by atoms with Crippen molar-refractivity contribution in [1.29, 1.82) is 0 Å². The molecule has 3 aromatic rings. The van der Waals surface area contributed by atoms with Crippen LogP contribution in [-0.4, -0.2) is 46.1 Å². The van der Waals surface area contributed by atoms with Crippen molar-refractivity contribution in [2.45, 2.75) is 31.7 Å². The van der Waals surface area contributed by atoms with Crippen molar-refractivity contribution in [3.05, 3.63) is 42.9 Å². The summed E-state index contributed by atoms with van der Waals surface area (Å²) >= 11 is 0. The van der Waals surface area contributed by atoms with Crippen LogP contribution in [-0.2, 0) is 4.79 Å². The van der Waals surface area contributed by atoms with Gasteiger partial charge in [0.2, 0.25) is 5.91 Å². The summed E-state index contributed by atoms with van der Waals surface area (Å²) in [5.41, 5.74) is 2.12. The zero-order chi connectivity index (χ0) is 18.8. The van der Waals surface area contributed by atoms with E-state index in [2.05, 4.69) is 51.6 Å².